The molecule has 3 aliphatic rings. The third-order valence-corrected chi connectivity index (χ3v) is 5.64. The number of hydrogen-bond donors (Lipinski definition) is 1. The summed E-state index contributed by atoms with van der Waals surface area (Å²) in [5.41, 5.74) is -0.435. The molecule has 3 fully saturated rings. The van der Waals surface area contributed by atoms with E-state index in [4.69, 9.17) is 9.47 Å². The van der Waals surface area contributed by atoms with E-state index < -0.39 is 17.3 Å². The van der Waals surface area contributed by atoms with E-state index in [1.165, 1.54) is 4.90 Å². The van der Waals surface area contributed by atoms with Crippen LogP contribution in [0.15, 0.2) is 30.3 Å². The van der Waals surface area contributed by atoms with Gasteiger partial charge in [0.05, 0.1) is 43.8 Å². The highest BCUT2D eigenvalue weighted by molar-refractivity contribution is 5.75. The molecule has 0 bridgehead atoms. The number of carbonyl (C=O) groups is 1. The van der Waals surface area contributed by atoms with Crippen LogP contribution >= 0.6 is 0 Å². The van der Waals surface area contributed by atoms with Crippen molar-refractivity contribution in [3.63, 3.8) is 0 Å². The number of ether oxygens (including phenoxy) is 2. The molecule has 25 heavy (non-hydrogen) atoms. The second-order valence-electron chi connectivity index (χ2n) is 7.01. The Morgan fingerprint density at radius 1 is 1.16 bits per heavy atom. The van der Waals surface area contributed by atoms with Crippen LogP contribution in [0.3, 0.4) is 0 Å². The van der Waals surface area contributed by atoms with Gasteiger partial charge in [-0.3, -0.25) is 0 Å². The summed E-state index contributed by atoms with van der Waals surface area (Å²) >= 11 is 0. The van der Waals surface area contributed by atoms with Crippen LogP contribution in [0.1, 0.15) is 12.0 Å². The number of nitrogens with zero attached hydrogens (tertiary/aromatic N) is 1. The third-order valence-electron chi connectivity index (χ3n) is 5.64. The lowest BCUT2D eigenvalue weighted by atomic mass is 9.87. The fraction of sp³-hybridized carbons (Fsp3) is 0.611. The molecule has 2 saturated heterocycles. The minimum absolute atomic E-state index is 0.0716. The van der Waals surface area contributed by atoms with Gasteiger partial charge in [-0.2, -0.15) is 0 Å². The molecule has 5 nitrogen and oxygen atoms in total. The summed E-state index contributed by atoms with van der Waals surface area (Å²) in [5, 5.41) is 2.84. The van der Waals surface area contributed by atoms with Crippen molar-refractivity contribution in [3.05, 3.63) is 35.9 Å². The van der Waals surface area contributed by atoms with Gasteiger partial charge in [-0.05, 0) is 12.0 Å². The first-order valence-electron chi connectivity index (χ1n) is 8.70. The Hall–Kier alpha value is -1.73. The predicted molar refractivity (Wildman–Crippen MR) is 86.7 cm³/mol. The molecule has 4 rings (SSSR count). The Morgan fingerprint density at radius 3 is 2.48 bits per heavy atom. The van der Waals surface area contributed by atoms with E-state index in [9.17, 15) is 13.6 Å². The minimum Gasteiger partial charge on any atom is -0.377 e. The van der Waals surface area contributed by atoms with Crippen molar-refractivity contribution in [3.8, 4) is 0 Å². The number of carbonyl (C=O) groups excluding carboxylic acids is 1. The predicted octanol–water partition coefficient (Wildman–Crippen LogP) is 2.02. The smallest absolute Gasteiger partial charge is 0.317 e. The Morgan fingerprint density at radius 2 is 1.84 bits per heavy atom. The van der Waals surface area contributed by atoms with Gasteiger partial charge in [-0.25, -0.2) is 13.6 Å². The van der Waals surface area contributed by atoms with Crippen molar-refractivity contribution in [1.29, 1.82) is 0 Å². The number of urea groups is 1. The van der Waals surface area contributed by atoms with Crippen LogP contribution in [0, 0.1) is 5.92 Å². The van der Waals surface area contributed by atoms with Crippen LogP contribution in [-0.4, -0.2) is 62.4 Å². The van der Waals surface area contributed by atoms with Crippen molar-refractivity contribution < 1.29 is 23.0 Å². The van der Waals surface area contributed by atoms with Crippen LogP contribution < -0.4 is 5.32 Å². The number of benzene rings is 1. The number of alkyl halides is 2. The van der Waals surface area contributed by atoms with Gasteiger partial charge in [0.1, 0.15) is 0 Å². The van der Waals surface area contributed by atoms with Gasteiger partial charge in [0.2, 0.25) is 0 Å². The summed E-state index contributed by atoms with van der Waals surface area (Å²) < 4.78 is 39.9. The van der Waals surface area contributed by atoms with E-state index >= 15 is 0 Å². The summed E-state index contributed by atoms with van der Waals surface area (Å²) in [4.78, 5) is 14.0. The minimum atomic E-state index is -2.77. The first-order valence-corrected chi connectivity index (χ1v) is 8.70. The number of fused-ring (bicyclic) bond motifs is 1. The second-order valence-corrected chi connectivity index (χ2v) is 7.01. The monoisotopic (exact) mass is 352 g/mol. The highest BCUT2D eigenvalue weighted by Gasteiger charge is 2.81. The average Bonchev–Trinajstić information content (AvgIpc) is 3.24. The van der Waals surface area contributed by atoms with Gasteiger partial charge < -0.3 is 19.7 Å². The third kappa shape index (κ3) is 2.69. The van der Waals surface area contributed by atoms with E-state index in [0.29, 0.717) is 38.5 Å². The summed E-state index contributed by atoms with van der Waals surface area (Å²) in [6, 6.07) is 8.39. The number of amides is 2. The molecule has 1 aliphatic carbocycles. The second kappa shape index (κ2) is 6.21. The molecule has 1 saturated carbocycles. The standard InChI is InChI=1S/C18H22F2N2O3/c19-18(20)15-10-22(16(23)21-14-11-24-8-9-25-12-14)7-6-17(15,18)13-4-2-1-3-5-13/h1-5,14-15H,6-12H2,(H,21,23). The van der Waals surface area contributed by atoms with Crippen molar-refractivity contribution in [2.45, 2.75) is 23.8 Å². The maximum absolute atomic E-state index is 14.6. The van der Waals surface area contributed by atoms with E-state index in [2.05, 4.69) is 5.32 Å². The molecule has 1 aromatic rings. The molecule has 1 aromatic carbocycles. The number of nitrogens with one attached hydrogen (secondary N) is 1. The lowest BCUT2D eigenvalue weighted by Gasteiger charge is -2.31. The first kappa shape index (κ1) is 16.7. The molecule has 0 aromatic heterocycles. The number of hydrogen-bond acceptors (Lipinski definition) is 3. The molecule has 1 N–H and O–H groups in total. The SMILES string of the molecule is O=C(NC1COCCOC1)N1CCC2(c3ccccc3)C(C1)C2(F)F. The van der Waals surface area contributed by atoms with Gasteiger partial charge in [0, 0.05) is 13.1 Å². The molecule has 7 heteroatoms. The van der Waals surface area contributed by atoms with Gasteiger partial charge >= 0.3 is 6.03 Å². The first-order chi connectivity index (χ1) is 12.1. The molecule has 136 valence electrons. The van der Waals surface area contributed by atoms with E-state index in [0.717, 1.165) is 0 Å². The van der Waals surface area contributed by atoms with Crippen molar-refractivity contribution in [1.82, 2.24) is 10.2 Å². The van der Waals surface area contributed by atoms with Crippen LogP contribution in [0.2, 0.25) is 0 Å². The summed E-state index contributed by atoms with van der Waals surface area (Å²) in [5.74, 6) is -3.58. The molecule has 2 heterocycles. The maximum atomic E-state index is 14.6. The quantitative estimate of drug-likeness (QED) is 0.886. The summed E-state index contributed by atoms with van der Waals surface area (Å²) in [6.45, 7) is 2.16. The van der Waals surface area contributed by atoms with Crippen molar-refractivity contribution >= 4 is 6.03 Å². The largest absolute Gasteiger partial charge is 0.377 e. The number of piperidine rings is 1. The highest BCUT2D eigenvalue weighted by atomic mass is 19.3. The van der Waals surface area contributed by atoms with Crippen molar-refractivity contribution in [2.75, 3.05) is 39.5 Å². The fourth-order valence-corrected chi connectivity index (χ4v) is 4.19. The molecular weight excluding hydrogens is 330 g/mol. The van der Waals surface area contributed by atoms with Gasteiger partial charge in [0.25, 0.3) is 5.92 Å². The molecule has 0 radical (unpaired) electrons. The topological polar surface area (TPSA) is 50.8 Å². The molecular formula is C18H22F2N2O3. The van der Waals surface area contributed by atoms with Crippen LogP contribution in [-0.2, 0) is 14.9 Å². The zero-order valence-electron chi connectivity index (χ0n) is 13.9. The van der Waals surface area contributed by atoms with E-state index in [-0.39, 0.29) is 25.0 Å². The Balaban J connectivity index is 1.42. The lowest BCUT2D eigenvalue weighted by molar-refractivity contribution is 0.0775. The molecule has 2 atom stereocenters. The number of halogens is 2. The lowest BCUT2D eigenvalue weighted by Crippen LogP contribution is -2.50. The van der Waals surface area contributed by atoms with E-state index in [1.54, 1.807) is 24.3 Å². The Kier molecular flexibility index (Phi) is 4.16. The normalized spacial score (nSPS) is 31.8. The molecule has 0 spiro atoms. The Labute approximate surface area is 145 Å². The van der Waals surface area contributed by atoms with E-state index in [1.807, 2.05) is 6.07 Å². The highest BCUT2D eigenvalue weighted by Crippen LogP contribution is 2.70. The van der Waals surface area contributed by atoms with Crippen LogP contribution in [0.25, 0.3) is 0 Å². The summed E-state index contributed by atoms with van der Waals surface area (Å²) in [7, 11) is 0. The van der Waals surface area contributed by atoms with Crippen molar-refractivity contribution in [2.24, 2.45) is 5.92 Å². The zero-order chi connectivity index (χ0) is 17.5. The molecule has 2 unspecified atom stereocenters. The fourth-order valence-electron chi connectivity index (χ4n) is 4.19. The Bertz CT molecular complexity index is 634. The average molecular weight is 352 g/mol. The number of rotatable bonds is 2. The van der Waals surface area contributed by atoms with Crippen LogP contribution in [0.4, 0.5) is 13.6 Å². The summed E-state index contributed by atoms with van der Waals surface area (Å²) in [6.07, 6.45) is 0.278. The zero-order valence-corrected chi connectivity index (χ0v) is 13.9. The van der Waals surface area contributed by atoms with Crippen LogP contribution in [0.5, 0.6) is 0 Å². The molecule has 2 aliphatic heterocycles. The van der Waals surface area contributed by atoms with Gasteiger partial charge in [-0.1, -0.05) is 30.3 Å². The molecule has 2 amide bonds. The maximum Gasteiger partial charge on any atom is 0.317 e. The van der Waals surface area contributed by atoms with Gasteiger partial charge in [0.15, 0.2) is 0 Å². The van der Waals surface area contributed by atoms with Gasteiger partial charge in [-0.15, -0.1) is 0 Å². The number of likely N-dealkylation sites (tertiary alicyclic amines) is 1.